The number of likely N-dealkylation sites (tertiary alicyclic amines) is 1. The van der Waals surface area contributed by atoms with Gasteiger partial charge in [-0.3, -0.25) is 4.99 Å². The number of benzene rings is 1. The van der Waals surface area contributed by atoms with Gasteiger partial charge < -0.3 is 16.0 Å². The minimum atomic E-state index is 0.531. The van der Waals surface area contributed by atoms with Gasteiger partial charge in [0.1, 0.15) is 0 Å². The van der Waals surface area contributed by atoms with Crippen molar-refractivity contribution in [3.63, 3.8) is 0 Å². The van der Waals surface area contributed by atoms with Crippen LogP contribution in [0.2, 0.25) is 0 Å². The normalized spacial score (nSPS) is 22.6. The molecule has 1 heterocycles. The number of fused-ring (bicyclic) bond motifs is 1. The standard InChI is InChI=1S/C18H28N4/c1-14-4-3-10-22(13-14)11-9-20-18(19)21-17-8-7-15-5-2-6-16(15)12-17/h7-8,12,14H,2-6,9-11,13H2,1H3,(H3,19,20,21). The molecule has 1 fully saturated rings. The minimum absolute atomic E-state index is 0.531. The maximum Gasteiger partial charge on any atom is 0.193 e. The van der Waals surface area contributed by atoms with E-state index in [1.165, 1.54) is 56.3 Å². The second kappa shape index (κ2) is 7.14. The van der Waals surface area contributed by atoms with E-state index in [4.69, 9.17) is 5.73 Å². The zero-order valence-corrected chi connectivity index (χ0v) is 13.6. The van der Waals surface area contributed by atoms with Crippen molar-refractivity contribution in [3.8, 4) is 0 Å². The molecule has 0 radical (unpaired) electrons. The molecule has 1 unspecified atom stereocenters. The molecule has 120 valence electrons. The van der Waals surface area contributed by atoms with E-state index in [1.54, 1.807) is 0 Å². The van der Waals surface area contributed by atoms with E-state index in [-0.39, 0.29) is 0 Å². The van der Waals surface area contributed by atoms with Crippen LogP contribution in [0.25, 0.3) is 0 Å². The SMILES string of the molecule is CC1CCCN(CCN=C(N)Nc2ccc3c(c2)CCC3)C1. The Morgan fingerprint density at radius 3 is 3.05 bits per heavy atom. The lowest BCUT2D eigenvalue weighted by molar-refractivity contribution is 0.189. The lowest BCUT2D eigenvalue weighted by atomic mass is 10.0. The topological polar surface area (TPSA) is 53.6 Å². The van der Waals surface area contributed by atoms with Crippen molar-refractivity contribution in [1.29, 1.82) is 0 Å². The van der Waals surface area contributed by atoms with Gasteiger partial charge in [-0.1, -0.05) is 13.0 Å². The second-order valence-corrected chi connectivity index (χ2v) is 6.78. The number of anilines is 1. The summed E-state index contributed by atoms with van der Waals surface area (Å²) in [4.78, 5) is 6.97. The Bertz CT molecular complexity index is 538. The van der Waals surface area contributed by atoms with Crippen molar-refractivity contribution in [2.75, 3.05) is 31.5 Å². The van der Waals surface area contributed by atoms with Gasteiger partial charge >= 0.3 is 0 Å². The van der Waals surface area contributed by atoms with Crippen LogP contribution in [0, 0.1) is 5.92 Å². The summed E-state index contributed by atoms with van der Waals surface area (Å²) in [5, 5.41) is 3.23. The molecule has 1 aliphatic heterocycles. The van der Waals surface area contributed by atoms with Crippen molar-refractivity contribution in [1.82, 2.24) is 4.90 Å². The van der Waals surface area contributed by atoms with Gasteiger partial charge in [-0.05, 0) is 67.8 Å². The van der Waals surface area contributed by atoms with Crippen LogP contribution in [0.3, 0.4) is 0 Å². The summed E-state index contributed by atoms with van der Waals surface area (Å²) >= 11 is 0. The smallest absolute Gasteiger partial charge is 0.193 e. The monoisotopic (exact) mass is 300 g/mol. The largest absolute Gasteiger partial charge is 0.370 e. The number of aryl methyl sites for hydroxylation is 2. The van der Waals surface area contributed by atoms with Gasteiger partial charge in [0.2, 0.25) is 0 Å². The molecule has 1 aliphatic carbocycles. The third kappa shape index (κ3) is 4.01. The lowest BCUT2D eigenvalue weighted by Crippen LogP contribution is -2.36. The third-order valence-corrected chi connectivity index (χ3v) is 4.81. The van der Waals surface area contributed by atoms with E-state index >= 15 is 0 Å². The fraction of sp³-hybridized carbons (Fsp3) is 0.611. The van der Waals surface area contributed by atoms with Crippen LogP contribution in [-0.4, -0.2) is 37.0 Å². The summed E-state index contributed by atoms with van der Waals surface area (Å²) < 4.78 is 0. The van der Waals surface area contributed by atoms with E-state index in [2.05, 4.69) is 40.3 Å². The van der Waals surface area contributed by atoms with E-state index < -0.39 is 0 Å². The van der Waals surface area contributed by atoms with Gasteiger partial charge in [0.05, 0.1) is 6.54 Å². The number of guanidine groups is 1. The molecule has 1 aromatic rings. The quantitative estimate of drug-likeness (QED) is 0.664. The Balaban J connectivity index is 1.48. The highest BCUT2D eigenvalue weighted by Gasteiger charge is 2.15. The van der Waals surface area contributed by atoms with Crippen LogP contribution >= 0.6 is 0 Å². The highest BCUT2D eigenvalue weighted by Crippen LogP contribution is 2.24. The van der Waals surface area contributed by atoms with Crippen molar-refractivity contribution in [2.24, 2.45) is 16.6 Å². The lowest BCUT2D eigenvalue weighted by Gasteiger charge is -2.30. The van der Waals surface area contributed by atoms with Crippen LogP contribution in [0.5, 0.6) is 0 Å². The number of nitrogens with zero attached hydrogens (tertiary/aromatic N) is 2. The number of hydrogen-bond acceptors (Lipinski definition) is 2. The summed E-state index contributed by atoms with van der Waals surface area (Å²) in [6.45, 7) is 6.53. The summed E-state index contributed by atoms with van der Waals surface area (Å²) in [5.41, 5.74) is 10.0. The zero-order chi connectivity index (χ0) is 15.4. The summed E-state index contributed by atoms with van der Waals surface area (Å²) in [6, 6.07) is 6.54. The summed E-state index contributed by atoms with van der Waals surface area (Å²) in [7, 11) is 0. The fourth-order valence-electron chi connectivity index (χ4n) is 3.64. The van der Waals surface area contributed by atoms with Gasteiger partial charge in [-0.2, -0.15) is 0 Å². The van der Waals surface area contributed by atoms with Gasteiger partial charge in [-0.15, -0.1) is 0 Å². The Labute approximate surface area is 133 Å². The Morgan fingerprint density at radius 1 is 1.32 bits per heavy atom. The first-order chi connectivity index (χ1) is 10.7. The molecule has 4 nitrogen and oxygen atoms in total. The summed E-state index contributed by atoms with van der Waals surface area (Å²) in [6.07, 6.45) is 6.36. The predicted octanol–water partition coefficient (Wildman–Crippen LogP) is 2.63. The number of nitrogens with one attached hydrogen (secondary N) is 1. The van der Waals surface area contributed by atoms with Gasteiger partial charge in [0.25, 0.3) is 0 Å². The molecule has 4 heteroatoms. The minimum Gasteiger partial charge on any atom is -0.370 e. The highest BCUT2D eigenvalue weighted by molar-refractivity contribution is 5.92. The number of piperidine rings is 1. The third-order valence-electron chi connectivity index (χ3n) is 4.81. The number of nitrogens with two attached hydrogens (primary N) is 1. The van der Waals surface area contributed by atoms with Gasteiger partial charge in [0.15, 0.2) is 5.96 Å². The Hall–Kier alpha value is -1.55. The summed E-state index contributed by atoms with van der Waals surface area (Å²) in [5.74, 6) is 1.35. The molecule has 1 aromatic carbocycles. The van der Waals surface area contributed by atoms with Crippen LogP contribution in [0.15, 0.2) is 23.2 Å². The molecule has 0 saturated carbocycles. The van der Waals surface area contributed by atoms with E-state index in [9.17, 15) is 0 Å². The molecule has 1 atom stereocenters. The van der Waals surface area contributed by atoms with Crippen LogP contribution in [-0.2, 0) is 12.8 Å². The van der Waals surface area contributed by atoms with Crippen LogP contribution in [0.4, 0.5) is 5.69 Å². The highest BCUT2D eigenvalue weighted by atomic mass is 15.2. The Kier molecular flexibility index (Phi) is 4.98. The molecule has 0 amide bonds. The molecular weight excluding hydrogens is 272 g/mol. The van der Waals surface area contributed by atoms with E-state index in [1.807, 2.05) is 0 Å². The van der Waals surface area contributed by atoms with E-state index in [0.29, 0.717) is 5.96 Å². The maximum absolute atomic E-state index is 6.01. The first-order valence-electron chi connectivity index (χ1n) is 8.62. The van der Waals surface area contributed by atoms with Crippen molar-refractivity contribution < 1.29 is 0 Å². The first kappa shape index (κ1) is 15.3. The molecular formula is C18H28N4. The molecule has 0 aromatic heterocycles. The van der Waals surface area contributed by atoms with Crippen LogP contribution < -0.4 is 11.1 Å². The average Bonchev–Trinajstić information content (AvgIpc) is 2.95. The van der Waals surface area contributed by atoms with Crippen molar-refractivity contribution in [2.45, 2.75) is 39.0 Å². The predicted molar refractivity (Wildman–Crippen MR) is 93.4 cm³/mol. The molecule has 0 bridgehead atoms. The molecule has 3 N–H and O–H groups in total. The molecule has 2 aliphatic rings. The molecule has 0 spiro atoms. The van der Waals surface area contributed by atoms with E-state index in [0.717, 1.165) is 24.7 Å². The maximum atomic E-state index is 6.01. The molecule has 1 saturated heterocycles. The second-order valence-electron chi connectivity index (χ2n) is 6.78. The zero-order valence-electron chi connectivity index (χ0n) is 13.6. The van der Waals surface area contributed by atoms with Crippen molar-refractivity contribution >= 4 is 11.6 Å². The molecule has 3 rings (SSSR count). The molecule has 22 heavy (non-hydrogen) atoms. The number of aliphatic imine (C=N–C) groups is 1. The number of hydrogen-bond donors (Lipinski definition) is 2. The van der Waals surface area contributed by atoms with Gasteiger partial charge in [-0.25, -0.2) is 0 Å². The van der Waals surface area contributed by atoms with Crippen molar-refractivity contribution in [3.05, 3.63) is 29.3 Å². The average molecular weight is 300 g/mol. The van der Waals surface area contributed by atoms with Gasteiger partial charge in [0, 0.05) is 18.8 Å². The number of rotatable bonds is 4. The Morgan fingerprint density at radius 2 is 2.18 bits per heavy atom. The van der Waals surface area contributed by atoms with Crippen LogP contribution in [0.1, 0.15) is 37.3 Å². The fourth-order valence-corrected chi connectivity index (χ4v) is 3.64. The first-order valence-corrected chi connectivity index (χ1v) is 8.62.